The molecular weight excluding hydrogens is 417 g/mol. The van der Waals surface area contributed by atoms with Crippen molar-refractivity contribution in [2.45, 2.75) is 44.6 Å². The maximum Gasteiger partial charge on any atom is 0.350 e. The van der Waals surface area contributed by atoms with Gasteiger partial charge in [-0.2, -0.15) is 0 Å². The second-order valence-corrected chi connectivity index (χ2v) is 8.61. The van der Waals surface area contributed by atoms with Crippen molar-refractivity contribution in [2.75, 3.05) is 6.61 Å². The van der Waals surface area contributed by atoms with E-state index in [1.807, 2.05) is 0 Å². The summed E-state index contributed by atoms with van der Waals surface area (Å²) in [5.74, 6) is -0.928. The molecule has 0 unspecified atom stereocenters. The molecule has 1 aliphatic rings. The lowest BCUT2D eigenvalue weighted by Crippen LogP contribution is -2.37. The maximum atomic E-state index is 12.3. The fraction of sp³-hybridized carbons (Fsp3) is 0.444. The van der Waals surface area contributed by atoms with Crippen molar-refractivity contribution < 1.29 is 14.3 Å². The molecule has 1 aromatic heterocycles. The molecule has 2 aromatic rings. The largest absolute Gasteiger partial charge is 0.451 e. The molecule has 1 heterocycles. The number of thiophene rings is 1. The molecule has 0 bridgehead atoms. The van der Waals surface area contributed by atoms with Crippen molar-refractivity contribution in [3.05, 3.63) is 32.1 Å². The number of nitrogens with one attached hydrogen (secondary N) is 1. The van der Waals surface area contributed by atoms with Crippen LogP contribution in [-0.4, -0.2) is 24.5 Å². The van der Waals surface area contributed by atoms with E-state index in [0.717, 1.165) is 37.0 Å². The summed E-state index contributed by atoms with van der Waals surface area (Å²) in [5.41, 5.74) is 0. The highest BCUT2D eigenvalue weighted by atomic mass is 35.5. The van der Waals surface area contributed by atoms with Crippen LogP contribution in [-0.2, 0) is 9.53 Å². The molecule has 0 atom stereocenters. The molecule has 1 aromatic carbocycles. The minimum Gasteiger partial charge on any atom is -0.451 e. The van der Waals surface area contributed by atoms with Crippen LogP contribution >= 0.6 is 46.1 Å². The lowest BCUT2D eigenvalue weighted by molar-refractivity contribution is -0.125. The van der Waals surface area contributed by atoms with Crippen molar-refractivity contribution in [3.63, 3.8) is 0 Å². The Balaban J connectivity index is 1.63. The van der Waals surface area contributed by atoms with Gasteiger partial charge in [0.15, 0.2) is 6.61 Å². The van der Waals surface area contributed by atoms with Gasteiger partial charge < -0.3 is 10.1 Å². The van der Waals surface area contributed by atoms with E-state index in [-0.39, 0.29) is 28.5 Å². The van der Waals surface area contributed by atoms with Gasteiger partial charge in [0.05, 0.1) is 10.0 Å². The Morgan fingerprint density at radius 1 is 1.12 bits per heavy atom. The van der Waals surface area contributed by atoms with Crippen molar-refractivity contribution in [3.8, 4) is 0 Å². The zero-order valence-corrected chi connectivity index (χ0v) is 17.0. The van der Waals surface area contributed by atoms with Crippen LogP contribution in [0.15, 0.2) is 12.1 Å². The standard InChI is InChI=1S/C18H18Cl3NO3S/c19-10-7-12(20)15-13(8-10)26-17(16(15)21)18(24)25-9-14(23)22-11-5-3-1-2-4-6-11/h7-8,11H,1-6,9H2,(H,22,23). The SMILES string of the molecule is O=C(COC(=O)c1sc2cc(Cl)cc(Cl)c2c1Cl)NC1CCCCCC1. The topological polar surface area (TPSA) is 55.4 Å². The van der Waals surface area contributed by atoms with Gasteiger partial charge in [-0.25, -0.2) is 4.79 Å². The lowest BCUT2D eigenvalue weighted by atomic mass is 10.1. The Bertz CT molecular complexity index is 829. The molecule has 0 saturated heterocycles. The van der Waals surface area contributed by atoms with Crippen LogP contribution in [0.1, 0.15) is 48.2 Å². The highest BCUT2D eigenvalue weighted by Crippen LogP contribution is 2.41. The van der Waals surface area contributed by atoms with E-state index >= 15 is 0 Å². The molecule has 0 spiro atoms. The molecule has 0 radical (unpaired) electrons. The highest BCUT2D eigenvalue weighted by molar-refractivity contribution is 7.21. The number of fused-ring (bicyclic) bond motifs is 1. The van der Waals surface area contributed by atoms with Gasteiger partial charge in [-0.3, -0.25) is 4.79 Å². The number of carbonyl (C=O) groups is 2. The first-order valence-corrected chi connectivity index (χ1v) is 10.4. The van der Waals surface area contributed by atoms with E-state index < -0.39 is 5.97 Å². The van der Waals surface area contributed by atoms with Gasteiger partial charge in [-0.1, -0.05) is 60.5 Å². The molecule has 0 aliphatic heterocycles. The monoisotopic (exact) mass is 433 g/mol. The van der Waals surface area contributed by atoms with Crippen LogP contribution in [0.3, 0.4) is 0 Å². The molecule has 26 heavy (non-hydrogen) atoms. The highest BCUT2D eigenvalue weighted by Gasteiger charge is 2.22. The number of esters is 1. The van der Waals surface area contributed by atoms with Crippen molar-refractivity contribution in [1.29, 1.82) is 0 Å². The second-order valence-electron chi connectivity index (χ2n) is 6.34. The van der Waals surface area contributed by atoms with Crippen molar-refractivity contribution >= 4 is 68.1 Å². The molecule has 1 aliphatic carbocycles. The number of carbonyl (C=O) groups excluding carboxylic acids is 2. The first kappa shape index (κ1) is 19.7. The molecular formula is C18H18Cl3NO3S. The van der Waals surface area contributed by atoms with E-state index in [4.69, 9.17) is 39.5 Å². The Morgan fingerprint density at radius 3 is 2.50 bits per heavy atom. The summed E-state index contributed by atoms with van der Waals surface area (Å²) < 4.78 is 5.84. The summed E-state index contributed by atoms with van der Waals surface area (Å²) in [5, 5.41) is 4.56. The number of rotatable bonds is 4. The van der Waals surface area contributed by atoms with Crippen molar-refractivity contribution in [2.24, 2.45) is 0 Å². The lowest BCUT2D eigenvalue weighted by Gasteiger charge is -2.15. The van der Waals surface area contributed by atoms with Crippen LogP contribution < -0.4 is 5.32 Å². The third kappa shape index (κ3) is 4.63. The first-order valence-electron chi connectivity index (χ1n) is 8.49. The summed E-state index contributed by atoms with van der Waals surface area (Å²) in [4.78, 5) is 24.6. The molecule has 1 saturated carbocycles. The molecule has 1 fully saturated rings. The molecule has 8 heteroatoms. The predicted molar refractivity (Wildman–Crippen MR) is 107 cm³/mol. The predicted octanol–water partition coefficient (Wildman–Crippen LogP) is 5.86. The van der Waals surface area contributed by atoms with E-state index in [1.165, 1.54) is 12.8 Å². The number of hydrogen-bond donors (Lipinski definition) is 1. The zero-order chi connectivity index (χ0) is 18.7. The van der Waals surface area contributed by atoms with E-state index in [9.17, 15) is 9.59 Å². The van der Waals surface area contributed by atoms with Gasteiger partial charge >= 0.3 is 5.97 Å². The van der Waals surface area contributed by atoms with Crippen molar-refractivity contribution in [1.82, 2.24) is 5.32 Å². The average Bonchev–Trinajstić information content (AvgIpc) is 2.75. The first-order chi connectivity index (χ1) is 12.5. The summed E-state index contributed by atoms with van der Waals surface area (Å²) in [6.45, 7) is -0.325. The average molecular weight is 435 g/mol. The molecule has 4 nitrogen and oxygen atoms in total. The van der Waals surface area contributed by atoms with Gasteiger partial charge in [0, 0.05) is 21.2 Å². The Hall–Kier alpha value is -1.01. The minimum atomic E-state index is -0.639. The fourth-order valence-electron chi connectivity index (χ4n) is 3.13. The third-order valence-electron chi connectivity index (χ3n) is 4.39. The smallest absolute Gasteiger partial charge is 0.350 e. The third-order valence-corrected chi connectivity index (χ3v) is 6.51. The van der Waals surface area contributed by atoms with Gasteiger partial charge in [-0.05, 0) is 25.0 Å². The molecule has 1 amide bonds. The molecule has 1 N–H and O–H groups in total. The van der Waals surface area contributed by atoms with Crippen LogP contribution in [0.5, 0.6) is 0 Å². The Labute approximate surface area is 170 Å². The number of hydrogen-bond acceptors (Lipinski definition) is 4. The van der Waals surface area contributed by atoms with Gasteiger partial charge in [0.25, 0.3) is 5.91 Å². The quantitative estimate of drug-likeness (QED) is 0.484. The van der Waals surface area contributed by atoms with Gasteiger partial charge in [0.1, 0.15) is 4.88 Å². The second kappa shape index (κ2) is 8.79. The van der Waals surface area contributed by atoms with E-state index in [0.29, 0.717) is 20.1 Å². The summed E-state index contributed by atoms with van der Waals surface area (Å²) in [7, 11) is 0. The zero-order valence-electron chi connectivity index (χ0n) is 13.9. The summed E-state index contributed by atoms with van der Waals surface area (Å²) in [6, 6.07) is 3.42. The number of ether oxygens (including phenoxy) is 1. The minimum absolute atomic E-state index is 0.164. The Kier molecular flexibility index (Phi) is 6.67. The van der Waals surface area contributed by atoms with E-state index in [1.54, 1.807) is 12.1 Å². The number of benzene rings is 1. The van der Waals surface area contributed by atoms with Crippen LogP contribution in [0.25, 0.3) is 10.1 Å². The normalized spacial score (nSPS) is 15.7. The molecule has 140 valence electrons. The van der Waals surface area contributed by atoms with Crippen LogP contribution in [0.2, 0.25) is 15.1 Å². The summed E-state index contributed by atoms with van der Waals surface area (Å²) >= 11 is 19.6. The number of halogens is 3. The van der Waals surface area contributed by atoms with E-state index in [2.05, 4.69) is 5.32 Å². The van der Waals surface area contributed by atoms with Crippen LogP contribution in [0.4, 0.5) is 0 Å². The molecule has 3 rings (SSSR count). The maximum absolute atomic E-state index is 12.3. The fourth-order valence-corrected chi connectivity index (χ4v) is 5.40. The summed E-state index contributed by atoms with van der Waals surface area (Å²) in [6.07, 6.45) is 6.59. The Morgan fingerprint density at radius 2 is 1.81 bits per heavy atom. The van der Waals surface area contributed by atoms with Gasteiger partial charge in [-0.15, -0.1) is 11.3 Å². The van der Waals surface area contributed by atoms with Gasteiger partial charge in [0.2, 0.25) is 0 Å². The van der Waals surface area contributed by atoms with Crippen LogP contribution in [0, 0.1) is 0 Å². The number of amides is 1.